The molecule has 1 atom stereocenters. The summed E-state index contributed by atoms with van der Waals surface area (Å²) >= 11 is 0. The number of hydrogen-bond donors (Lipinski definition) is 1. The van der Waals surface area contributed by atoms with Crippen molar-refractivity contribution in [1.82, 2.24) is 4.90 Å². The molecule has 0 saturated carbocycles. The summed E-state index contributed by atoms with van der Waals surface area (Å²) in [5.41, 5.74) is 5.91. The molecule has 0 heterocycles. The third-order valence-electron chi connectivity index (χ3n) is 1.92. The van der Waals surface area contributed by atoms with Gasteiger partial charge in [-0.05, 0) is 13.5 Å². The van der Waals surface area contributed by atoms with E-state index in [4.69, 9.17) is 5.73 Å². The minimum atomic E-state index is 0.329. The Labute approximate surface area is 76.4 Å². The van der Waals surface area contributed by atoms with Gasteiger partial charge in [0.2, 0.25) is 0 Å². The van der Waals surface area contributed by atoms with Crippen LogP contribution in [0.5, 0.6) is 0 Å². The normalized spacial score (nSPS) is 13.3. The Morgan fingerprint density at radius 1 is 1.58 bits per heavy atom. The van der Waals surface area contributed by atoms with Crippen LogP contribution in [0.4, 0.5) is 0 Å². The Kier molecular flexibility index (Phi) is 7.11. The van der Waals surface area contributed by atoms with Crippen LogP contribution in [-0.2, 0) is 0 Å². The van der Waals surface area contributed by atoms with Crippen molar-refractivity contribution in [1.29, 1.82) is 0 Å². The molecule has 0 aromatic heterocycles. The first-order valence-corrected chi connectivity index (χ1v) is 4.75. The predicted molar refractivity (Wildman–Crippen MR) is 55.2 cm³/mol. The van der Waals surface area contributed by atoms with Crippen LogP contribution in [0, 0.1) is 0 Å². The highest BCUT2D eigenvalue weighted by Gasteiger charge is 2.04. The highest BCUT2D eigenvalue weighted by atomic mass is 15.1. The standard InChI is InChI=1S/C10H22N2/c1-4-6-7-10(11)9-12(3)8-5-2/h5,10H,2,4,6-9,11H2,1,3H3. The number of unbranched alkanes of at least 4 members (excludes halogenated alkanes) is 1. The summed E-state index contributed by atoms with van der Waals surface area (Å²) in [6, 6.07) is 0.329. The van der Waals surface area contributed by atoms with E-state index in [0.29, 0.717) is 6.04 Å². The minimum Gasteiger partial charge on any atom is -0.327 e. The van der Waals surface area contributed by atoms with Crippen LogP contribution in [-0.4, -0.2) is 31.1 Å². The average Bonchev–Trinajstić information content (AvgIpc) is 2.01. The van der Waals surface area contributed by atoms with Crippen molar-refractivity contribution in [3.8, 4) is 0 Å². The molecule has 72 valence electrons. The van der Waals surface area contributed by atoms with Gasteiger partial charge < -0.3 is 10.6 Å². The van der Waals surface area contributed by atoms with Gasteiger partial charge in [0, 0.05) is 19.1 Å². The van der Waals surface area contributed by atoms with Gasteiger partial charge in [-0.2, -0.15) is 0 Å². The lowest BCUT2D eigenvalue weighted by Crippen LogP contribution is -2.35. The van der Waals surface area contributed by atoms with Gasteiger partial charge in [-0.15, -0.1) is 6.58 Å². The van der Waals surface area contributed by atoms with E-state index in [1.54, 1.807) is 0 Å². The molecule has 0 aromatic rings. The molecular weight excluding hydrogens is 148 g/mol. The minimum absolute atomic E-state index is 0.329. The number of hydrogen-bond acceptors (Lipinski definition) is 2. The molecule has 12 heavy (non-hydrogen) atoms. The first-order chi connectivity index (χ1) is 5.70. The van der Waals surface area contributed by atoms with E-state index in [-0.39, 0.29) is 0 Å². The van der Waals surface area contributed by atoms with Gasteiger partial charge in [-0.3, -0.25) is 0 Å². The molecule has 0 saturated heterocycles. The quantitative estimate of drug-likeness (QED) is 0.588. The van der Waals surface area contributed by atoms with Crippen LogP contribution >= 0.6 is 0 Å². The van der Waals surface area contributed by atoms with Gasteiger partial charge in [-0.1, -0.05) is 25.8 Å². The summed E-state index contributed by atoms with van der Waals surface area (Å²) in [7, 11) is 2.08. The SMILES string of the molecule is C=CCN(C)CC(N)CCCC. The predicted octanol–water partition coefficient (Wildman–Crippen LogP) is 1.62. The molecule has 0 spiro atoms. The fourth-order valence-corrected chi connectivity index (χ4v) is 1.25. The van der Waals surface area contributed by atoms with Gasteiger partial charge in [-0.25, -0.2) is 0 Å². The largest absolute Gasteiger partial charge is 0.327 e. The molecule has 0 radical (unpaired) electrons. The van der Waals surface area contributed by atoms with Crippen LogP contribution in [0.3, 0.4) is 0 Å². The Balaban J connectivity index is 3.39. The second-order valence-electron chi connectivity index (χ2n) is 3.41. The van der Waals surface area contributed by atoms with E-state index in [1.807, 2.05) is 6.08 Å². The summed E-state index contributed by atoms with van der Waals surface area (Å²) in [6.07, 6.45) is 5.52. The molecule has 0 amide bonds. The van der Waals surface area contributed by atoms with Gasteiger partial charge >= 0.3 is 0 Å². The van der Waals surface area contributed by atoms with Gasteiger partial charge in [0.1, 0.15) is 0 Å². The zero-order valence-corrected chi connectivity index (χ0v) is 8.42. The number of likely N-dealkylation sites (N-methyl/N-ethyl adjacent to an activating group) is 1. The van der Waals surface area contributed by atoms with E-state index in [0.717, 1.165) is 19.5 Å². The van der Waals surface area contributed by atoms with E-state index in [2.05, 4.69) is 25.5 Å². The van der Waals surface area contributed by atoms with Crippen LogP contribution in [0.15, 0.2) is 12.7 Å². The zero-order chi connectivity index (χ0) is 9.40. The zero-order valence-electron chi connectivity index (χ0n) is 8.42. The smallest absolute Gasteiger partial charge is 0.0167 e. The van der Waals surface area contributed by atoms with Crippen LogP contribution < -0.4 is 5.73 Å². The summed E-state index contributed by atoms with van der Waals surface area (Å²) in [6.45, 7) is 7.79. The number of nitrogens with zero attached hydrogens (tertiary/aromatic N) is 1. The average molecular weight is 170 g/mol. The highest BCUT2D eigenvalue weighted by molar-refractivity contribution is 4.74. The molecule has 2 heteroatoms. The first-order valence-electron chi connectivity index (χ1n) is 4.75. The number of nitrogens with two attached hydrogens (primary N) is 1. The molecule has 0 aliphatic rings. The van der Waals surface area contributed by atoms with E-state index in [9.17, 15) is 0 Å². The maximum absolute atomic E-state index is 5.91. The molecule has 0 fully saturated rings. The third kappa shape index (κ3) is 6.38. The Bertz CT molecular complexity index is 112. The number of rotatable bonds is 7. The van der Waals surface area contributed by atoms with Gasteiger partial charge in [0.25, 0.3) is 0 Å². The third-order valence-corrected chi connectivity index (χ3v) is 1.92. The Morgan fingerprint density at radius 2 is 2.25 bits per heavy atom. The van der Waals surface area contributed by atoms with Gasteiger partial charge in [0.05, 0.1) is 0 Å². The second-order valence-corrected chi connectivity index (χ2v) is 3.41. The van der Waals surface area contributed by atoms with E-state index < -0.39 is 0 Å². The topological polar surface area (TPSA) is 29.3 Å². The Morgan fingerprint density at radius 3 is 2.75 bits per heavy atom. The summed E-state index contributed by atoms with van der Waals surface area (Å²) < 4.78 is 0. The fourth-order valence-electron chi connectivity index (χ4n) is 1.25. The lowest BCUT2D eigenvalue weighted by molar-refractivity contribution is 0.330. The molecule has 0 rings (SSSR count). The van der Waals surface area contributed by atoms with Crippen molar-refractivity contribution in [2.24, 2.45) is 5.73 Å². The second kappa shape index (κ2) is 7.32. The van der Waals surface area contributed by atoms with Crippen molar-refractivity contribution in [2.45, 2.75) is 32.2 Å². The summed E-state index contributed by atoms with van der Waals surface area (Å²) in [5.74, 6) is 0. The van der Waals surface area contributed by atoms with Crippen molar-refractivity contribution >= 4 is 0 Å². The lowest BCUT2D eigenvalue weighted by Gasteiger charge is -2.19. The van der Waals surface area contributed by atoms with Gasteiger partial charge in [0.15, 0.2) is 0 Å². The first kappa shape index (κ1) is 11.7. The Hall–Kier alpha value is -0.340. The lowest BCUT2D eigenvalue weighted by atomic mass is 10.1. The molecule has 2 nitrogen and oxygen atoms in total. The fraction of sp³-hybridized carbons (Fsp3) is 0.800. The molecular formula is C10H22N2. The van der Waals surface area contributed by atoms with Crippen molar-refractivity contribution in [3.05, 3.63) is 12.7 Å². The maximum Gasteiger partial charge on any atom is 0.0167 e. The summed E-state index contributed by atoms with van der Waals surface area (Å²) in [4.78, 5) is 2.20. The summed E-state index contributed by atoms with van der Waals surface area (Å²) in [5, 5.41) is 0. The van der Waals surface area contributed by atoms with Crippen molar-refractivity contribution in [2.75, 3.05) is 20.1 Å². The highest BCUT2D eigenvalue weighted by Crippen LogP contribution is 1.99. The van der Waals surface area contributed by atoms with Crippen LogP contribution in [0.2, 0.25) is 0 Å². The van der Waals surface area contributed by atoms with Crippen LogP contribution in [0.1, 0.15) is 26.2 Å². The van der Waals surface area contributed by atoms with E-state index in [1.165, 1.54) is 12.8 Å². The van der Waals surface area contributed by atoms with Crippen molar-refractivity contribution in [3.63, 3.8) is 0 Å². The molecule has 0 bridgehead atoms. The monoisotopic (exact) mass is 170 g/mol. The molecule has 0 aliphatic heterocycles. The van der Waals surface area contributed by atoms with Crippen LogP contribution in [0.25, 0.3) is 0 Å². The molecule has 0 aromatic carbocycles. The van der Waals surface area contributed by atoms with E-state index >= 15 is 0 Å². The molecule has 1 unspecified atom stereocenters. The van der Waals surface area contributed by atoms with Crippen molar-refractivity contribution < 1.29 is 0 Å². The molecule has 2 N–H and O–H groups in total. The molecule has 0 aliphatic carbocycles. The maximum atomic E-state index is 5.91.